The lowest BCUT2D eigenvalue weighted by Crippen LogP contribution is -2.49. The van der Waals surface area contributed by atoms with E-state index in [4.69, 9.17) is 10.5 Å². The molecule has 1 unspecified atom stereocenters. The number of ether oxygens (including phenoxy) is 1. The van der Waals surface area contributed by atoms with E-state index in [1.54, 1.807) is 0 Å². The molecule has 1 saturated heterocycles. The molecule has 2 aliphatic heterocycles. The molecule has 2 aliphatic rings. The summed E-state index contributed by atoms with van der Waals surface area (Å²) in [4.78, 5) is 2.47. The lowest BCUT2D eigenvalue weighted by atomic mass is 9.90. The smallest absolute Gasteiger partial charge is 0.147 e. The highest BCUT2D eigenvalue weighted by Crippen LogP contribution is 2.24. The van der Waals surface area contributed by atoms with Crippen molar-refractivity contribution in [2.24, 2.45) is 11.7 Å². The molecule has 0 radical (unpaired) electrons. The molecule has 0 aromatic carbocycles. The van der Waals surface area contributed by atoms with Crippen LogP contribution >= 0.6 is 0 Å². The van der Waals surface area contributed by atoms with Gasteiger partial charge in [-0.1, -0.05) is 0 Å². The molecule has 18 heavy (non-hydrogen) atoms. The lowest BCUT2D eigenvalue weighted by Gasteiger charge is -2.39. The summed E-state index contributed by atoms with van der Waals surface area (Å²) < 4.78 is 7.57. The topological polar surface area (TPSA) is 69.2 Å². The Bertz CT molecular complexity index is 388. The predicted octanol–water partition coefficient (Wildman–Crippen LogP) is -0.152. The van der Waals surface area contributed by atoms with Crippen LogP contribution < -0.4 is 5.73 Å². The van der Waals surface area contributed by atoms with E-state index in [2.05, 4.69) is 19.7 Å². The molecule has 1 atom stereocenters. The van der Waals surface area contributed by atoms with E-state index < -0.39 is 0 Å². The van der Waals surface area contributed by atoms with E-state index in [0.29, 0.717) is 12.0 Å². The molecule has 0 saturated carbocycles. The van der Waals surface area contributed by atoms with Gasteiger partial charge in [0, 0.05) is 38.9 Å². The molecule has 3 rings (SSSR count). The number of rotatable bonds is 3. The van der Waals surface area contributed by atoms with E-state index in [-0.39, 0.29) is 0 Å². The van der Waals surface area contributed by atoms with E-state index >= 15 is 0 Å². The first-order valence-corrected chi connectivity index (χ1v) is 6.77. The van der Waals surface area contributed by atoms with Gasteiger partial charge in [0.2, 0.25) is 0 Å². The standard InChI is InChI=1S/C12H21N5O/c13-7-11(10-1-5-18-6-2-10)16-3-4-17-9-14-15-12(17)8-16/h9-11H,1-8,13H2. The van der Waals surface area contributed by atoms with Gasteiger partial charge in [0.05, 0.1) is 6.54 Å². The molecule has 2 N–H and O–H groups in total. The van der Waals surface area contributed by atoms with Crippen LogP contribution in [-0.2, 0) is 17.8 Å². The van der Waals surface area contributed by atoms with Crippen molar-refractivity contribution in [2.75, 3.05) is 26.3 Å². The summed E-state index contributed by atoms with van der Waals surface area (Å²) in [6, 6.07) is 0.458. The largest absolute Gasteiger partial charge is 0.381 e. The van der Waals surface area contributed by atoms with E-state index in [1.807, 2.05) is 6.33 Å². The van der Waals surface area contributed by atoms with Crippen LogP contribution in [-0.4, -0.2) is 52.0 Å². The van der Waals surface area contributed by atoms with Gasteiger partial charge in [-0.3, -0.25) is 4.90 Å². The Kier molecular flexibility index (Phi) is 3.58. The van der Waals surface area contributed by atoms with Gasteiger partial charge in [0.1, 0.15) is 12.2 Å². The van der Waals surface area contributed by atoms with Crippen LogP contribution in [0.1, 0.15) is 18.7 Å². The maximum atomic E-state index is 6.00. The van der Waals surface area contributed by atoms with Crippen molar-refractivity contribution in [1.82, 2.24) is 19.7 Å². The number of fused-ring (bicyclic) bond motifs is 1. The molecule has 100 valence electrons. The fourth-order valence-corrected chi connectivity index (χ4v) is 3.11. The third-order valence-electron chi connectivity index (χ3n) is 4.19. The minimum absolute atomic E-state index is 0.458. The molecule has 6 nitrogen and oxygen atoms in total. The van der Waals surface area contributed by atoms with Gasteiger partial charge in [-0.15, -0.1) is 10.2 Å². The molecule has 0 spiro atoms. The third-order valence-corrected chi connectivity index (χ3v) is 4.19. The van der Waals surface area contributed by atoms with Crippen molar-refractivity contribution in [3.63, 3.8) is 0 Å². The van der Waals surface area contributed by atoms with Crippen LogP contribution in [0.3, 0.4) is 0 Å². The van der Waals surface area contributed by atoms with E-state index in [1.165, 1.54) is 0 Å². The second kappa shape index (κ2) is 5.34. The zero-order valence-electron chi connectivity index (χ0n) is 10.7. The zero-order chi connectivity index (χ0) is 12.4. The molecule has 0 bridgehead atoms. The van der Waals surface area contributed by atoms with Crippen LogP contribution in [0.5, 0.6) is 0 Å². The van der Waals surface area contributed by atoms with Gasteiger partial charge in [0.25, 0.3) is 0 Å². The van der Waals surface area contributed by atoms with Gasteiger partial charge in [-0.2, -0.15) is 0 Å². The Hall–Kier alpha value is -0.980. The van der Waals surface area contributed by atoms with Crippen molar-refractivity contribution in [2.45, 2.75) is 32.0 Å². The van der Waals surface area contributed by atoms with Crippen LogP contribution in [0.15, 0.2) is 6.33 Å². The minimum Gasteiger partial charge on any atom is -0.381 e. The SMILES string of the molecule is NCC(C1CCOCC1)N1CCn2cnnc2C1. The summed E-state index contributed by atoms with van der Waals surface area (Å²) in [6.07, 6.45) is 4.08. The minimum atomic E-state index is 0.458. The highest BCUT2D eigenvalue weighted by Gasteiger charge is 2.30. The zero-order valence-corrected chi connectivity index (χ0v) is 10.7. The number of nitrogens with zero attached hydrogens (tertiary/aromatic N) is 4. The van der Waals surface area contributed by atoms with Crippen LogP contribution in [0, 0.1) is 5.92 Å². The molecule has 3 heterocycles. The van der Waals surface area contributed by atoms with Crippen molar-refractivity contribution >= 4 is 0 Å². The maximum absolute atomic E-state index is 6.00. The first-order valence-electron chi connectivity index (χ1n) is 6.77. The summed E-state index contributed by atoms with van der Waals surface area (Å²) in [5.41, 5.74) is 6.00. The predicted molar refractivity (Wildman–Crippen MR) is 66.8 cm³/mol. The highest BCUT2D eigenvalue weighted by molar-refractivity contribution is 4.93. The quantitative estimate of drug-likeness (QED) is 0.809. The number of hydrogen-bond acceptors (Lipinski definition) is 5. The van der Waals surface area contributed by atoms with Crippen molar-refractivity contribution in [3.05, 3.63) is 12.2 Å². The van der Waals surface area contributed by atoms with E-state index in [9.17, 15) is 0 Å². The molecule has 1 fully saturated rings. The normalized spacial score (nSPS) is 23.8. The average Bonchev–Trinajstić information content (AvgIpc) is 2.88. The number of nitrogens with two attached hydrogens (primary N) is 1. The molecule has 6 heteroatoms. The van der Waals surface area contributed by atoms with Gasteiger partial charge in [-0.05, 0) is 18.8 Å². The average molecular weight is 251 g/mol. The molecule has 0 amide bonds. The van der Waals surface area contributed by atoms with Crippen molar-refractivity contribution in [3.8, 4) is 0 Å². The molecular weight excluding hydrogens is 230 g/mol. The lowest BCUT2D eigenvalue weighted by molar-refractivity contribution is 0.0197. The van der Waals surface area contributed by atoms with E-state index in [0.717, 1.165) is 58.1 Å². The Labute approximate surface area is 107 Å². The summed E-state index contributed by atoms with van der Waals surface area (Å²) in [5.74, 6) is 1.73. The van der Waals surface area contributed by atoms with Gasteiger partial charge >= 0.3 is 0 Å². The number of hydrogen-bond donors (Lipinski definition) is 1. The fraction of sp³-hybridized carbons (Fsp3) is 0.833. The molecule has 1 aromatic heterocycles. The Morgan fingerprint density at radius 2 is 2.22 bits per heavy atom. The van der Waals surface area contributed by atoms with Crippen LogP contribution in [0.25, 0.3) is 0 Å². The van der Waals surface area contributed by atoms with Crippen molar-refractivity contribution < 1.29 is 4.74 Å². The summed E-state index contributed by atoms with van der Waals surface area (Å²) >= 11 is 0. The summed E-state index contributed by atoms with van der Waals surface area (Å²) in [5, 5.41) is 8.15. The van der Waals surface area contributed by atoms with Crippen LogP contribution in [0.4, 0.5) is 0 Å². The van der Waals surface area contributed by atoms with Gasteiger partial charge < -0.3 is 15.0 Å². The monoisotopic (exact) mass is 251 g/mol. The fourth-order valence-electron chi connectivity index (χ4n) is 3.11. The Balaban J connectivity index is 1.69. The second-order valence-corrected chi connectivity index (χ2v) is 5.16. The first-order chi connectivity index (χ1) is 8.88. The molecular formula is C12H21N5O. The van der Waals surface area contributed by atoms with Gasteiger partial charge in [0.15, 0.2) is 0 Å². The third kappa shape index (κ3) is 2.28. The maximum Gasteiger partial charge on any atom is 0.147 e. The highest BCUT2D eigenvalue weighted by atomic mass is 16.5. The first kappa shape index (κ1) is 12.1. The Morgan fingerprint density at radius 3 is 3.00 bits per heavy atom. The summed E-state index contributed by atoms with van der Waals surface area (Å²) in [6.45, 7) is 5.38. The number of aromatic nitrogens is 3. The molecule has 1 aromatic rings. The van der Waals surface area contributed by atoms with Gasteiger partial charge in [-0.25, -0.2) is 0 Å². The van der Waals surface area contributed by atoms with Crippen molar-refractivity contribution in [1.29, 1.82) is 0 Å². The Morgan fingerprint density at radius 1 is 1.39 bits per heavy atom. The second-order valence-electron chi connectivity index (χ2n) is 5.16. The summed E-state index contributed by atoms with van der Waals surface area (Å²) in [7, 11) is 0. The molecule has 0 aliphatic carbocycles. The van der Waals surface area contributed by atoms with Crippen LogP contribution in [0.2, 0.25) is 0 Å².